The van der Waals surface area contributed by atoms with Crippen LogP contribution in [-0.2, 0) is 0 Å². The first-order chi connectivity index (χ1) is 13.5. The van der Waals surface area contributed by atoms with Gasteiger partial charge in [-0.3, -0.25) is 9.69 Å². The Morgan fingerprint density at radius 1 is 1.00 bits per heavy atom. The average Bonchev–Trinajstić information content (AvgIpc) is 3.18. The quantitative estimate of drug-likeness (QED) is 0.587. The van der Waals surface area contributed by atoms with Gasteiger partial charge in [-0.25, -0.2) is 0 Å². The van der Waals surface area contributed by atoms with Gasteiger partial charge in [-0.1, -0.05) is 86.3 Å². The number of hydrogen-bond donors (Lipinski definition) is 1. The molecule has 1 amide bonds. The third kappa shape index (κ3) is 4.07. The molecule has 1 fully saturated rings. The molecule has 1 N–H and O–H groups in total. The summed E-state index contributed by atoms with van der Waals surface area (Å²) in [7, 11) is 0. The summed E-state index contributed by atoms with van der Waals surface area (Å²) >= 11 is 12.6. The fourth-order valence-electron chi connectivity index (χ4n) is 4.72. The summed E-state index contributed by atoms with van der Waals surface area (Å²) in [6.07, 6.45) is 4.46. The monoisotopic (exact) mass is 418 g/mol. The molecule has 0 spiro atoms. The molecule has 0 radical (unpaired) electrons. The van der Waals surface area contributed by atoms with Crippen LogP contribution in [0.4, 0.5) is 0 Å². The van der Waals surface area contributed by atoms with Crippen LogP contribution in [0.1, 0.15) is 61.5 Å². The Balaban J connectivity index is 2.04. The fraction of sp³-hybridized carbons (Fsp3) is 0.435. The van der Waals surface area contributed by atoms with Crippen LogP contribution in [0, 0.1) is 0 Å². The molecule has 1 atom stereocenters. The highest BCUT2D eigenvalue weighted by Gasteiger charge is 2.46. The number of benzene rings is 2. The van der Waals surface area contributed by atoms with E-state index < -0.39 is 0 Å². The van der Waals surface area contributed by atoms with E-state index in [0.717, 1.165) is 31.5 Å². The number of halogens is 2. The summed E-state index contributed by atoms with van der Waals surface area (Å²) in [4.78, 5) is 15.8. The fourth-order valence-corrected chi connectivity index (χ4v) is 5.29. The van der Waals surface area contributed by atoms with Gasteiger partial charge in [0.2, 0.25) is 0 Å². The lowest BCUT2D eigenvalue weighted by Crippen LogP contribution is -2.56. The number of nitrogens with zero attached hydrogens (tertiary/aromatic N) is 1. The Hall–Kier alpha value is -1.55. The topological polar surface area (TPSA) is 32.3 Å². The summed E-state index contributed by atoms with van der Waals surface area (Å²) < 4.78 is 0. The van der Waals surface area contributed by atoms with Crippen molar-refractivity contribution in [3.05, 3.63) is 69.7 Å². The molecule has 1 aliphatic carbocycles. The molecule has 150 valence electrons. The third-order valence-electron chi connectivity index (χ3n) is 6.00. The number of hydrogen-bond acceptors (Lipinski definition) is 2. The van der Waals surface area contributed by atoms with Crippen LogP contribution < -0.4 is 5.32 Å². The molecule has 2 aromatic carbocycles. The largest absolute Gasteiger partial charge is 0.343 e. The van der Waals surface area contributed by atoms with Crippen molar-refractivity contribution >= 4 is 29.1 Å². The number of rotatable bonds is 7. The van der Waals surface area contributed by atoms with Crippen molar-refractivity contribution in [3.8, 4) is 0 Å². The molecular formula is C23H28Cl2N2O. The number of likely N-dealkylation sites (N-methyl/N-ethyl adjacent to an activating group) is 1. The molecule has 1 saturated carbocycles. The van der Waals surface area contributed by atoms with E-state index in [0.29, 0.717) is 15.6 Å². The van der Waals surface area contributed by atoms with E-state index in [-0.39, 0.29) is 17.5 Å². The first-order valence-corrected chi connectivity index (χ1v) is 10.8. The van der Waals surface area contributed by atoms with Crippen LogP contribution >= 0.6 is 23.2 Å². The van der Waals surface area contributed by atoms with Crippen molar-refractivity contribution in [1.82, 2.24) is 10.2 Å². The summed E-state index contributed by atoms with van der Waals surface area (Å²) in [5, 5.41) is 4.06. The van der Waals surface area contributed by atoms with Crippen molar-refractivity contribution < 1.29 is 4.79 Å². The number of amides is 1. The minimum atomic E-state index is -0.220. The van der Waals surface area contributed by atoms with Crippen molar-refractivity contribution in [1.29, 1.82) is 0 Å². The molecule has 0 aromatic heterocycles. The van der Waals surface area contributed by atoms with Gasteiger partial charge in [0.15, 0.2) is 0 Å². The Bertz CT molecular complexity index is 779. The van der Waals surface area contributed by atoms with Gasteiger partial charge in [-0.05, 0) is 43.6 Å². The molecular weight excluding hydrogens is 391 g/mol. The van der Waals surface area contributed by atoms with E-state index in [1.54, 1.807) is 18.2 Å². The minimum absolute atomic E-state index is 0.103. The summed E-state index contributed by atoms with van der Waals surface area (Å²) in [6.45, 7) is 6.28. The molecule has 0 aliphatic heterocycles. The van der Waals surface area contributed by atoms with Crippen LogP contribution in [0.15, 0.2) is 48.5 Å². The standard InChI is InChI=1S/C23H28Cl2N2O/c1-3-27(4-2)23(15-8-9-16-23)21(17-11-6-5-7-12-17)26-22(28)20-18(24)13-10-14-19(20)25/h5-7,10-14,21H,3-4,8-9,15-16H2,1-2H3,(H,26,28). The Morgan fingerprint density at radius 2 is 1.57 bits per heavy atom. The highest BCUT2D eigenvalue weighted by atomic mass is 35.5. The van der Waals surface area contributed by atoms with Crippen molar-refractivity contribution in [2.24, 2.45) is 0 Å². The molecule has 5 heteroatoms. The minimum Gasteiger partial charge on any atom is -0.343 e. The lowest BCUT2D eigenvalue weighted by Gasteiger charge is -2.46. The van der Waals surface area contributed by atoms with Gasteiger partial charge in [0.05, 0.1) is 21.7 Å². The molecule has 3 rings (SSSR count). The SMILES string of the molecule is CCN(CC)C1(C(NC(=O)c2c(Cl)cccc2Cl)c2ccccc2)CCCC1. The van der Waals surface area contributed by atoms with Crippen LogP contribution in [0.5, 0.6) is 0 Å². The first-order valence-electron chi connectivity index (χ1n) is 10.1. The second-order valence-corrected chi connectivity index (χ2v) is 8.21. The molecule has 1 unspecified atom stereocenters. The second-order valence-electron chi connectivity index (χ2n) is 7.40. The lowest BCUT2D eigenvalue weighted by molar-refractivity contribution is 0.0554. The molecule has 0 saturated heterocycles. The number of nitrogens with one attached hydrogen (secondary N) is 1. The van der Waals surface area contributed by atoms with Gasteiger partial charge in [-0.15, -0.1) is 0 Å². The van der Waals surface area contributed by atoms with Crippen molar-refractivity contribution in [3.63, 3.8) is 0 Å². The van der Waals surface area contributed by atoms with Gasteiger partial charge >= 0.3 is 0 Å². The first kappa shape index (κ1) is 21.2. The zero-order chi connectivity index (χ0) is 20.1. The van der Waals surface area contributed by atoms with E-state index in [2.05, 4.69) is 36.2 Å². The molecule has 2 aromatic rings. The van der Waals surface area contributed by atoms with Gasteiger partial charge in [0.1, 0.15) is 0 Å². The lowest BCUT2D eigenvalue weighted by atomic mass is 9.81. The van der Waals surface area contributed by atoms with Crippen LogP contribution in [0.25, 0.3) is 0 Å². The highest BCUT2D eigenvalue weighted by molar-refractivity contribution is 6.39. The smallest absolute Gasteiger partial charge is 0.254 e. The van der Waals surface area contributed by atoms with E-state index in [4.69, 9.17) is 23.2 Å². The van der Waals surface area contributed by atoms with E-state index in [9.17, 15) is 4.79 Å². The number of carbonyl (C=O) groups excluding carboxylic acids is 1. The highest BCUT2D eigenvalue weighted by Crippen LogP contribution is 2.45. The molecule has 28 heavy (non-hydrogen) atoms. The summed E-state index contributed by atoms with van der Waals surface area (Å²) in [6, 6.07) is 15.3. The van der Waals surface area contributed by atoms with E-state index in [1.807, 2.05) is 18.2 Å². The second kappa shape index (κ2) is 9.30. The predicted octanol–water partition coefficient (Wildman–Crippen LogP) is 6.12. The van der Waals surface area contributed by atoms with Gasteiger partial charge < -0.3 is 5.32 Å². The Kier molecular flexibility index (Phi) is 7.03. The Morgan fingerprint density at radius 3 is 2.11 bits per heavy atom. The summed E-state index contributed by atoms with van der Waals surface area (Å²) in [5.74, 6) is -0.220. The molecule has 0 heterocycles. The van der Waals surface area contributed by atoms with E-state index >= 15 is 0 Å². The van der Waals surface area contributed by atoms with Gasteiger partial charge in [0, 0.05) is 5.54 Å². The molecule has 0 bridgehead atoms. The molecule has 3 nitrogen and oxygen atoms in total. The zero-order valence-corrected chi connectivity index (χ0v) is 18.1. The zero-order valence-electron chi connectivity index (χ0n) is 16.6. The van der Waals surface area contributed by atoms with Crippen LogP contribution in [-0.4, -0.2) is 29.4 Å². The average molecular weight is 419 g/mol. The number of carbonyl (C=O) groups is 1. The van der Waals surface area contributed by atoms with Crippen molar-refractivity contribution in [2.75, 3.05) is 13.1 Å². The maximum absolute atomic E-state index is 13.3. The normalized spacial score (nSPS) is 16.9. The van der Waals surface area contributed by atoms with E-state index in [1.165, 1.54) is 12.8 Å². The van der Waals surface area contributed by atoms with Gasteiger partial charge in [-0.2, -0.15) is 0 Å². The maximum Gasteiger partial charge on any atom is 0.254 e. The maximum atomic E-state index is 13.3. The van der Waals surface area contributed by atoms with Crippen molar-refractivity contribution in [2.45, 2.75) is 51.1 Å². The predicted molar refractivity (Wildman–Crippen MR) is 117 cm³/mol. The van der Waals surface area contributed by atoms with Gasteiger partial charge in [0.25, 0.3) is 5.91 Å². The Labute approximate surface area is 178 Å². The van der Waals surface area contributed by atoms with Crippen LogP contribution in [0.2, 0.25) is 10.0 Å². The van der Waals surface area contributed by atoms with Crippen LogP contribution in [0.3, 0.4) is 0 Å². The molecule has 1 aliphatic rings. The third-order valence-corrected chi connectivity index (χ3v) is 6.63. The summed E-state index contributed by atoms with van der Waals surface area (Å²) in [5.41, 5.74) is 1.36.